The summed E-state index contributed by atoms with van der Waals surface area (Å²) in [5.41, 5.74) is 1.16. The van der Waals surface area contributed by atoms with Gasteiger partial charge in [-0.05, 0) is 30.6 Å². The summed E-state index contributed by atoms with van der Waals surface area (Å²) in [6.45, 7) is 0. The molecule has 0 saturated carbocycles. The molecule has 0 spiro atoms. The van der Waals surface area contributed by atoms with Crippen LogP contribution in [0.3, 0.4) is 0 Å². The molecule has 14 heavy (non-hydrogen) atoms. The van der Waals surface area contributed by atoms with Crippen molar-refractivity contribution in [3.63, 3.8) is 0 Å². The van der Waals surface area contributed by atoms with Crippen LogP contribution in [0.1, 0.15) is 24.1 Å². The summed E-state index contributed by atoms with van der Waals surface area (Å²) in [7, 11) is 1.66. The van der Waals surface area contributed by atoms with Gasteiger partial charge in [0.25, 0.3) is 0 Å². The van der Waals surface area contributed by atoms with Crippen molar-refractivity contribution >= 4 is 22.7 Å². The van der Waals surface area contributed by atoms with E-state index in [1.165, 1.54) is 0 Å². The Kier molecular flexibility index (Phi) is 2.68. The molecule has 2 nitrogen and oxygen atoms in total. The van der Waals surface area contributed by atoms with E-state index in [9.17, 15) is 4.79 Å². The van der Waals surface area contributed by atoms with Crippen LogP contribution in [0.2, 0.25) is 0 Å². The lowest BCUT2D eigenvalue weighted by Crippen LogP contribution is -2.00. The molecule has 0 amide bonds. The Bertz CT molecular complexity index is 376. The van der Waals surface area contributed by atoms with Crippen LogP contribution >= 0.6 is 11.3 Å². The number of ether oxygens (including phenoxy) is 1. The molecule has 0 aromatic carbocycles. The fourth-order valence-electron chi connectivity index (χ4n) is 1.58. The molecule has 1 aliphatic rings. The van der Waals surface area contributed by atoms with Gasteiger partial charge < -0.3 is 4.74 Å². The molecule has 0 N–H and O–H groups in total. The molecule has 0 bridgehead atoms. The van der Waals surface area contributed by atoms with Crippen molar-refractivity contribution in [2.24, 2.45) is 0 Å². The van der Waals surface area contributed by atoms with Crippen molar-refractivity contribution in [1.82, 2.24) is 0 Å². The third-order valence-electron chi connectivity index (χ3n) is 2.33. The molecular formula is C11H12O2S. The summed E-state index contributed by atoms with van der Waals surface area (Å²) in [5, 5.41) is 1.97. The zero-order chi connectivity index (χ0) is 9.97. The van der Waals surface area contributed by atoms with Crippen LogP contribution < -0.4 is 4.74 Å². The third-order valence-corrected chi connectivity index (χ3v) is 3.32. The van der Waals surface area contributed by atoms with Crippen molar-refractivity contribution in [2.45, 2.75) is 19.3 Å². The summed E-state index contributed by atoms with van der Waals surface area (Å²) >= 11 is 1.64. The van der Waals surface area contributed by atoms with Crippen LogP contribution in [0.15, 0.2) is 17.5 Å². The molecule has 0 aliphatic heterocycles. The van der Waals surface area contributed by atoms with Crippen LogP contribution in [0.25, 0.3) is 5.57 Å². The van der Waals surface area contributed by atoms with Crippen LogP contribution in [0, 0.1) is 0 Å². The minimum Gasteiger partial charge on any atom is -0.496 e. The minimum absolute atomic E-state index is 0.249. The lowest BCUT2D eigenvalue weighted by Gasteiger charge is -2.09. The van der Waals surface area contributed by atoms with Crippen molar-refractivity contribution in [3.8, 4) is 5.75 Å². The Balaban J connectivity index is 2.25. The fourth-order valence-corrected chi connectivity index (χ4v) is 2.48. The summed E-state index contributed by atoms with van der Waals surface area (Å²) in [6.07, 6.45) is 4.46. The van der Waals surface area contributed by atoms with Crippen LogP contribution in [-0.2, 0) is 4.79 Å². The van der Waals surface area contributed by atoms with Gasteiger partial charge in [-0.15, -0.1) is 11.3 Å². The quantitative estimate of drug-likeness (QED) is 0.747. The number of carbonyl (C=O) groups excluding carboxylic acids is 1. The summed E-state index contributed by atoms with van der Waals surface area (Å²) in [4.78, 5) is 12.4. The fraction of sp³-hybridized carbons (Fsp3) is 0.364. The van der Waals surface area contributed by atoms with Gasteiger partial charge in [0, 0.05) is 16.7 Å². The Morgan fingerprint density at radius 2 is 2.29 bits per heavy atom. The second-order valence-corrected chi connectivity index (χ2v) is 4.25. The van der Waals surface area contributed by atoms with E-state index in [1.807, 2.05) is 11.4 Å². The first-order chi connectivity index (χ1) is 6.79. The number of allylic oxidation sites excluding steroid dienone is 2. The van der Waals surface area contributed by atoms with Crippen LogP contribution in [-0.4, -0.2) is 12.9 Å². The van der Waals surface area contributed by atoms with E-state index < -0.39 is 0 Å². The standard InChI is InChI=1S/C11H12O2S/c1-13-10-6-11(14-7-10)8-3-2-4-9(12)5-8/h5-7H,2-4H2,1H3. The number of hydrogen-bond donors (Lipinski definition) is 0. The van der Waals surface area contributed by atoms with E-state index in [4.69, 9.17) is 4.74 Å². The number of rotatable bonds is 2. The lowest BCUT2D eigenvalue weighted by molar-refractivity contribution is -0.114. The molecule has 1 aromatic heterocycles. The molecule has 1 aliphatic carbocycles. The molecule has 1 heterocycles. The average molecular weight is 208 g/mol. The maximum atomic E-state index is 11.2. The van der Waals surface area contributed by atoms with E-state index in [0.717, 1.165) is 29.0 Å². The normalized spacial score (nSPS) is 16.6. The summed E-state index contributed by atoms with van der Waals surface area (Å²) in [6, 6.07) is 2.00. The topological polar surface area (TPSA) is 26.3 Å². The van der Waals surface area contributed by atoms with Crippen LogP contribution in [0.4, 0.5) is 0 Å². The van der Waals surface area contributed by atoms with Gasteiger partial charge in [-0.25, -0.2) is 0 Å². The second kappa shape index (κ2) is 3.96. The zero-order valence-electron chi connectivity index (χ0n) is 8.08. The molecule has 2 rings (SSSR count). The number of hydrogen-bond acceptors (Lipinski definition) is 3. The number of ketones is 1. The molecule has 0 unspecified atom stereocenters. The van der Waals surface area contributed by atoms with Gasteiger partial charge in [-0.2, -0.15) is 0 Å². The molecule has 0 saturated heterocycles. The van der Waals surface area contributed by atoms with Crippen molar-refractivity contribution in [1.29, 1.82) is 0 Å². The van der Waals surface area contributed by atoms with E-state index in [0.29, 0.717) is 6.42 Å². The number of methoxy groups -OCH3 is 1. The lowest BCUT2D eigenvalue weighted by atomic mass is 9.98. The molecule has 1 aromatic rings. The van der Waals surface area contributed by atoms with E-state index >= 15 is 0 Å². The number of carbonyl (C=O) groups is 1. The van der Waals surface area contributed by atoms with Gasteiger partial charge in [0.2, 0.25) is 0 Å². The third kappa shape index (κ3) is 1.87. The van der Waals surface area contributed by atoms with Crippen molar-refractivity contribution < 1.29 is 9.53 Å². The summed E-state index contributed by atoms with van der Waals surface area (Å²) < 4.78 is 5.11. The van der Waals surface area contributed by atoms with E-state index in [2.05, 4.69) is 0 Å². The van der Waals surface area contributed by atoms with E-state index in [-0.39, 0.29) is 5.78 Å². The molecule has 0 radical (unpaired) electrons. The Morgan fingerprint density at radius 1 is 1.43 bits per heavy atom. The monoisotopic (exact) mass is 208 g/mol. The Labute approximate surface area is 87.2 Å². The SMILES string of the molecule is COc1csc(C2=CC(=O)CCC2)c1. The maximum Gasteiger partial charge on any atom is 0.156 e. The van der Waals surface area contributed by atoms with Gasteiger partial charge in [-0.3, -0.25) is 4.79 Å². The average Bonchev–Trinajstić information content (AvgIpc) is 2.66. The molecule has 0 fully saturated rings. The smallest absolute Gasteiger partial charge is 0.156 e. The van der Waals surface area contributed by atoms with Gasteiger partial charge >= 0.3 is 0 Å². The highest BCUT2D eigenvalue weighted by molar-refractivity contribution is 7.11. The Hall–Kier alpha value is -1.09. The molecular weight excluding hydrogens is 196 g/mol. The van der Waals surface area contributed by atoms with Gasteiger partial charge in [0.05, 0.1) is 7.11 Å². The second-order valence-electron chi connectivity index (χ2n) is 3.34. The minimum atomic E-state index is 0.249. The van der Waals surface area contributed by atoms with Gasteiger partial charge in [0.1, 0.15) is 5.75 Å². The van der Waals surface area contributed by atoms with Gasteiger partial charge in [0.15, 0.2) is 5.78 Å². The predicted molar refractivity (Wildman–Crippen MR) is 57.7 cm³/mol. The first kappa shape index (κ1) is 9.46. The highest BCUT2D eigenvalue weighted by Crippen LogP contribution is 2.32. The van der Waals surface area contributed by atoms with Crippen molar-refractivity contribution in [2.75, 3.05) is 7.11 Å². The van der Waals surface area contributed by atoms with E-state index in [1.54, 1.807) is 24.5 Å². The number of thiophene rings is 1. The summed E-state index contributed by atoms with van der Waals surface area (Å²) in [5.74, 6) is 1.13. The first-order valence-electron chi connectivity index (χ1n) is 4.66. The molecule has 3 heteroatoms. The first-order valence-corrected chi connectivity index (χ1v) is 5.54. The molecule has 0 atom stereocenters. The molecule has 74 valence electrons. The largest absolute Gasteiger partial charge is 0.496 e. The highest BCUT2D eigenvalue weighted by atomic mass is 32.1. The maximum absolute atomic E-state index is 11.2. The highest BCUT2D eigenvalue weighted by Gasteiger charge is 2.13. The van der Waals surface area contributed by atoms with Crippen LogP contribution in [0.5, 0.6) is 5.75 Å². The predicted octanol–water partition coefficient (Wildman–Crippen LogP) is 2.89. The zero-order valence-corrected chi connectivity index (χ0v) is 8.89. The Morgan fingerprint density at radius 3 is 2.93 bits per heavy atom. The van der Waals surface area contributed by atoms with Crippen molar-refractivity contribution in [3.05, 3.63) is 22.4 Å². The van der Waals surface area contributed by atoms with Gasteiger partial charge in [-0.1, -0.05) is 0 Å².